The molecule has 0 N–H and O–H groups in total. The average molecular weight is 767 g/mol. The molecular weight excluding hydrogens is 713 g/mol. The summed E-state index contributed by atoms with van der Waals surface area (Å²) in [4.78, 5) is 2.41. The second-order valence-electron chi connectivity index (χ2n) is 17.9. The van der Waals surface area contributed by atoms with Gasteiger partial charge in [0.1, 0.15) is 0 Å². The molecule has 292 valence electrons. The van der Waals surface area contributed by atoms with E-state index in [9.17, 15) is 0 Å². The van der Waals surface area contributed by atoms with Crippen LogP contribution in [0.4, 0.5) is 11.4 Å². The maximum absolute atomic E-state index is 4.05. The Morgan fingerprint density at radius 1 is 0.559 bits per heavy atom. The van der Waals surface area contributed by atoms with Crippen molar-refractivity contribution in [2.45, 2.75) is 65.2 Å². The lowest BCUT2D eigenvalue weighted by Gasteiger charge is -2.44. The second kappa shape index (κ2) is 14.5. The van der Waals surface area contributed by atoms with Gasteiger partial charge in [-0.05, 0) is 134 Å². The number of fused-ring (bicyclic) bond motifs is 4. The first-order valence-corrected chi connectivity index (χ1v) is 21.0. The van der Waals surface area contributed by atoms with Crippen LogP contribution in [0.1, 0.15) is 65.5 Å². The molecule has 7 aromatic rings. The summed E-state index contributed by atoms with van der Waals surface area (Å²) in [6, 6.07) is 51.6. The van der Waals surface area contributed by atoms with Crippen molar-refractivity contribution in [3.05, 3.63) is 211 Å². The van der Waals surface area contributed by atoms with Crippen LogP contribution in [-0.4, -0.2) is 4.57 Å². The number of hydrogen-bond donors (Lipinski definition) is 0. The summed E-state index contributed by atoms with van der Waals surface area (Å²) in [6.45, 7) is 22.6. The van der Waals surface area contributed by atoms with Crippen LogP contribution >= 0.6 is 0 Å². The van der Waals surface area contributed by atoms with Crippen LogP contribution in [0.15, 0.2) is 200 Å². The molecule has 0 unspecified atom stereocenters. The van der Waals surface area contributed by atoms with E-state index in [-0.39, 0.29) is 16.2 Å². The number of allylic oxidation sites excluding steroid dienone is 8. The highest BCUT2D eigenvalue weighted by atomic mass is 15.1. The topological polar surface area (TPSA) is 8.17 Å². The van der Waals surface area contributed by atoms with E-state index in [1.165, 1.54) is 72.1 Å². The highest BCUT2D eigenvalue weighted by Crippen LogP contribution is 2.62. The molecule has 1 heterocycles. The maximum atomic E-state index is 4.05. The second-order valence-corrected chi connectivity index (χ2v) is 17.9. The van der Waals surface area contributed by atoms with Gasteiger partial charge in [-0.25, -0.2) is 0 Å². The molecule has 0 amide bonds. The Morgan fingerprint density at radius 3 is 1.66 bits per heavy atom. The van der Waals surface area contributed by atoms with E-state index in [1.54, 1.807) is 0 Å². The first-order valence-electron chi connectivity index (χ1n) is 21.0. The molecule has 2 nitrogen and oxygen atoms in total. The van der Waals surface area contributed by atoms with E-state index in [0.29, 0.717) is 0 Å². The monoisotopic (exact) mass is 766 g/mol. The van der Waals surface area contributed by atoms with Crippen molar-refractivity contribution in [3.63, 3.8) is 0 Å². The molecule has 0 spiro atoms. The molecule has 59 heavy (non-hydrogen) atoms. The largest absolute Gasteiger partial charge is 0.314 e. The van der Waals surface area contributed by atoms with Gasteiger partial charge in [0, 0.05) is 33.5 Å². The normalized spacial score (nSPS) is 16.7. The number of anilines is 2. The zero-order valence-corrected chi connectivity index (χ0v) is 35.4. The average Bonchev–Trinajstić information content (AvgIpc) is 3.64. The van der Waals surface area contributed by atoms with Crippen molar-refractivity contribution < 1.29 is 0 Å². The van der Waals surface area contributed by atoms with Crippen molar-refractivity contribution in [3.8, 4) is 27.9 Å². The molecule has 0 saturated heterocycles. The Hall–Kier alpha value is -6.38. The van der Waals surface area contributed by atoms with Crippen LogP contribution in [0.2, 0.25) is 0 Å². The van der Waals surface area contributed by atoms with Gasteiger partial charge in [-0.15, -0.1) is 0 Å². The molecule has 0 saturated carbocycles. The molecule has 0 aliphatic heterocycles. The van der Waals surface area contributed by atoms with Crippen molar-refractivity contribution in [1.82, 2.24) is 4.57 Å². The van der Waals surface area contributed by atoms with Gasteiger partial charge >= 0.3 is 0 Å². The molecule has 2 aliphatic rings. The molecular formula is C57H54N2. The van der Waals surface area contributed by atoms with E-state index in [0.717, 1.165) is 29.8 Å². The fourth-order valence-electron chi connectivity index (χ4n) is 9.79. The lowest BCUT2D eigenvalue weighted by atomic mass is 9.59. The number of nitrogens with zero attached hydrogens (tertiary/aromatic N) is 2. The Morgan fingerprint density at radius 2 is 1.10 bits per heavy atom. The molecule has 6 aromatic carbocycles. The van der Waals surface area contributed by atoms with Gasteiger partial charge in [0.15, 0.2) is 0 Å². The molecule has 0 fully saturated rings. The molecule has 9 rings (SSSR count). The highest BCUT2D eigenvalue weighted by Gasteiger charge is 2.57. The maximum Gasteiger partial charge on any atom is 0.0544 e. The number of rotatable bonds is 9. The molecule has 0 bridgehead atoms. The summed E-state index contributed by atoms with van der Waals surface area (Å²) in [5.41, 5.74) is 17.6. The minimum atomic E-state index is 0.0312. The van der Waals surface area contributed by atoms with Gasteiger partial charge in [-0.3, -0.25) is 0 Å². The van der Waals surface area contributed by atoms with Crippen LogP contribution < -0.4 is 4.90 Å². The number of benzene rings is 6. The molecule has 2 heteroatoms. The third-order valence-electron chi connectivity index (χ3n) is 14.4. The summed E-state index contributed by atoms with van der Waals surface area (Å²) in [7, 11) is 0. The standard InChI is InChI=1S/C57H54N2/c1-9-16-39(10-2)41-21-29-45(30-22-41)58(46-31-23-42(24-32-46)40-17-12-11-13-18-40)47-33-25-43(26-34-47)44-27-35-48(36-28-44)59-53-20-15-14-19-49(53)50-37-51-52(38-54(50)59)56(5,6)57(7,8)55(51,3)4/h9-21,23-29,31-38H,1-2,22,30H2,3-8H3/b39-16+. The minimum Gasteiger partial charge on any atom is -0.314 e. The van der Waals surface area contributed by atoms with Gasteiger partial charge in [0.2, 0.25) is 0 Å². The zero-order valence-electron chi connectivity index (χ0n) is 35.4. The van der Waals surface area contributed by atoms with Gasteiger partial charge in [0.05, 0.1) is 11.0 Å². The first-order chi connectivity index (χ1) is 28.4. The quantitative estimate of drug-likeness (QED) is 0.133. The van der Waals surface area contributed by atoms with E-state index < -0.39 is 0 Å². The molecule has 0 radical (unpaired) electrons. The van der Waals surface area contributed by atoms with Crippen molar-refractivity contribution in [2.75, 3.05) is 4.90 Å². The smallest absolute Gasteiger partial charge is 0.0544 e. The van der Waals surface area contributed by atoms with Crippen molar-refractivity contribution in [2.24, 2.45) is 5.41 Å². The van der Waals surface area contributed by atoms with Crippen LogP contribution in [-0.2, 0) is 10.8 Å². The van der Waals surface area contributed by atoms with E-state index in [2.05, 4.69) is 216 Å². The highest BCUT2D eigenvalue weighted by molar-refractivity contribution is 6.10. The predicted molar refractivity (Wildman–Crippen MR) is 254 cm³/mol. The first kappa shape index (κ1) is 38.2. The summed E-state index contributed by atoms with van der Waals surface area (Å²) < 4.78 is 2.47. The minimum absolute atomic E-state index is 0.0312. The summed E-state index contributed by atoms with van der Waals surface area (Å²) in [5, 5.41) is 2.63. The predicted octanol–water partition coefficient (Wildman–Crippen LogP) is 15.8. The Balaban J connectivity index is 1.07. The van der Waals surface area contributed by atoms with E-state index >= 15 is 0 Å². The zero-order chi connectivity index (χ0) is 41.1. The lowest BCUT2D eigenvalue weighted by molar-refractivity contribution is 0.125. The van der Waals surface area contributed by atoms with Crippen LogP contribution in [0.3, 0.4) is 0 Å². The molecule has 1 aromatic heterocycles. The Kier molecular flexibility index (Phi) is 9.36. The summed E-state index contributed by atoms with van der Waals surface area (Å²) in [6.07, 6.45) is 12.2. The molecule has 2 aliphatic carbocycles. The summed E-state index contributed by atoms with van der Waals surface area (Å²) in [5.74, 6) is 0. The number of hydrogen-bond acceptors (Lipinski definition) is 1. The fraction of sp³-hybridized carbons (Fsp3) is 0.193. The van der Waals surface area contributed by atoms with Crippen molar-refractivity contribution in [1.29, 1.82) is 0 Å². The van der Waals surface area contributed by atoms with Gasteiger partial charge < -0.3 is 9.47 Å². The number of para-hydroxylation sites is 1. The van der Waals surface area contributed by atoms with E-state index in [1.807, 2.05) is 18.2 Å². The van der Waals surface area contributed by atoms with Crippen LogP contribution in [0.5, 0.6) is 0 Å². The van der Waals surface area contributed by atoms with Crippen LogP contribution in [0, 0.1) is 5.41 Å². The SMILES string of the molecule is C=C/C=C(\C=C)C1=CC=C(N(c2ccc(-c3ccccc3)cc2)c2ccc(-c3ccc(-n4c5ccccc5c5cc6c(cc54)C(C)(C)C(C)(C)C6(C)C)cc3)cc2)CC1. The lowest BCUT2D eigenvalue weighted by Crippen LogP contribution is -2.42. The van der Waals surface area contributed by atoms with Crippen molar-refractivity contribution >= 4 is 33.2 Å². The molecule has 0 atom stereocenters. The number of aromatic nitrogens is 1. The van der Waals surface area contributed by atoms with Gasteiger partial charge in [-0.1, -0.05) is 164 Å². The van der Waals surface area contributed by atoms with Gasteiger partial charge in [-0.2, -0.15) is 0 Å². The third-order valence-corrected chi connectivity index (χ3v) is 14.4. The Labute approximate surface area is 350 Å². The van der Waals surface area contributed by atoms with E-state index in [4.69, 9.17) is 0 Å². The summed E-state index contributed by atoms with van der Waals surface area (Å²) >= 11 is 0. The van der Waals surface area contributed by atoms with Gasteiger partial charge in [0.25, 0.3) is 0 Å². The van der Waals surface area contributed by atoms with Crippen LogP contribution in [0.25, 0.3) is 49.7 Å². The fourth-order valence-corrected chi connectivity index (χ4v) is 9.79. The Bertz CT molecular complexity index is 2830. The third kappa shape index (κ3) is 6.16.